The number of carbonyl (C=O) groups is 1. The molecule has 24 heavy (non-hydrogen) atoms. The first-order chi connectivity index (χ1) is 11.7. The lowest BCUT2D eigenvalue weighted by Gasteiger charge is -2.33. The molecule has 1 atom stereocenters. The van der Waals surface area contributed by atoms with Gasteiger partial charge in [0.15, 0.2) is 5.82 Å². The third-order valence-corrected chi connectivity index (χ3v) is 4.07. The molecule has 126 valence electrons. The Morgan fingerprint density at radius 2 is 2.29 bits per heavy atom. The van der Waals surface area contributed by atoms with E-state index in [2.05, 4.69) is 30.7 Å². The summed E-state index contributed by atoms with van der Waals surface area (Å²) in [6.45, 7) is 2.01. The first kappa shape index (κ1) is 16.6. The van der Waals surface area contributed by atoms with E-state index in [9.17, 15) is 4.79 Å². The zero-order valence-electron chi connectivity index (χ0n) is 13.2. The molecular formula is C16H19ClN6O. The highest BCUT2D eigenvalue weighted by Gasteiger charge is 2.21. The molecule has 7 nitrogen and oxygen atoms in total. The van der Waals surface area contributed by atoms with E-state index in [-0.39, 0.29) is 18.5 Å². The fourth-order valence-corrected chi connectivity index (χ4v) is 2.80. The maximum atomic E-state index is 12.0. The number of nitrogens with one attached hydrogen (secondary N) is 2. The zero-order chi connectivity index (χ0) is 16.8. The lowest BCUT2D eigenvalue weighted by atomic mass is 10.1. The monoisotopic (exact) mass is 346 g/mol. The molecule has 1 aliphatic rings. The number of anilines is 2. The van der Waals surface area contributed by atoms with Crippen LogP contribution >= 0.6 is 11.6 Å². The van der Waals surface area contributed by atoms with Gasteiger partial charge in [0.05, 0.1) is 11.6 Å². The molecule has 1 saturated heterocycles. The Morgan fingerprint density at radius 3 is 3.04 bits per heavy atom. The molecule has 1 amide bonds. The van der Waals surface area contributed by atoms with Crippen molar-refractivity contribution in [1.29, 1.82) is 0 Å². The van der Waals surface area contributed by atoms with Crippen molar-refractivity contribution in [3.63, 3.8) is 0 Å². The van der Waals surface area contributed by atoms with E-state index in [4.69, 9.17) is 11.6 Å². The summed E-state index contributed by atoms with van der Waals surface area (Å²) >= 11 is 5.77. The topological polar surface area (TPSA) is 83.0 Å². The maximum Gasteiger partial charge on any atom is 0.239 e. The van der Waals surface area contributed by atoms with E-state index in [0.717, 1.165) is 31.7 Å². The third kappa shape index (κ3) is 4.62. The summed E-state index contributed by atoms with van der Waals surface area (Å²) in [5.74, 6) is 1.25. The number of hydrogen-bond acceptors (Lipinski definition) is 6. The van der Waals surface area contributed by atoms with Crippen molar-refractivity contribution in [3.05, 3.63) is 41.7 Å². The molecular weight excluding hydrogens is 328 g/mol. The molecule has 3 rings (SSSR count). The van der Waals surface area contributed by atoms with Gasteiger partial charge in [0, 0.05) is 31.5 Å². The van der Waals surface area contributed by atoms with E-state index in [1.807, 2.05) is 12.1 Å². The van der Waals surface area contributed by atoms with Crippen LogP contribution in [0.4, 0.5) is 11.6 Å². The van der Waals surface area contributed by atoms with Crippen LogP contribution in [-0.4, -0.2) is 46.8 Å². The SMILES string of the molecule is O=C(CNC1CCCN(c2cccnn2)C1)Nc1ccc(Cl)cn1. The fourth-order valence-electron chi connectivity index (χ4n) is 2.69. The first-order valence-electron chi connectivity index (χ1n) is 7.88. The van der Waals surface area contributed by atoms with Crippen LogP contribution in [0.25, 0.3) is 0 Å². The van der Waals surface area contributed by atoms with E-state index >= 15 is 0 Å². The van der Waals surface area contributed by atoms with Gasteiger partial charge in [-0.2, -0.15) is 5.10 Å². The molecule has 0 bridgehead atoms. The molecule has 0 radical (unpaired) electrons. The summed E-state index contributed by atoms with van der Waals surface area (Å²) in [6.07, 6.45) is 5.25. The molecule has 8 heteroatoms. The molecule has 1 unspecified atom stereocenters. The largest absolute Gasteiger partial charge is 0.354 e. The Kier molecular flexibility index (Phi) is 5.55. The molecule has 2 aromatic rings. The number of piperidine rings is 1. The highest BCUT2D eigenvalue weighted by molar-refractivity contribution is 6.30. The molecule has 0 saturated carbocycles. The Bertz CT molecular complexity index is 666. The Labute approximate surface area is 145 Å². The van der Waals surface area contributed by atoms with Crippen molar-refractivity contribution in [3.8, 4) is 0 Å². The standard InChI is InChI=1S/C16H19ClN6O/c17-12-5-6-14(19-9-12)21-16(24)10-18-13-3-2-8-23(11-13)15-4-1-7-20-22-15/h1,4-7,9,13,18H,2-3,8,10-11H2,(H,19,21,24). The van der Waals surface area contributed by atoms with Gasteiger partial charge in [0.1, 0.15) is 5.82 Å². The van der Waals surface area contributed by atoms with Crippen molar-refractivity contribution < 1.29 is 4.79 Å². The summed E-state index contributed by atoms with van der Waals surface area (Å²) in [4.78, 5) is 18.2. The van der Waals surface area contributed by atoms with Crippen molar-refractivity contribution in [2.45, 2.75) is 18.9 Å². The molecule has 1 aliphatic heterocycles. The quantitative estimate of drug-likeness (QED) is 0.857. The molecule has 2 aromatic heterocycles. The summed E-state index contributed by atoms with van der Waals surface area (Å²) in [5.41, 5.74) is 0. The molecule has 2 N–H and O–H groups in total. The third-order valence-electron chi connectivity index (χ3n) is 3.85. The van der Waals surface area contributed by atoms with Crippen LogP contribution in [-0.2, 0) is 4.79 Å². The number of pyridine rings is 1. The minimum Gasteiger partial charge on any atom is -0.354 e. The number of nitrogens with zero attached hydrogens (tertiary/aromatic N) is 4. The number of rotatable bonds is 5. The van der Waals surface area contributed by atoms with Crippen molar-refractivity contribution >= 4 is 29.1 Å². The number of hydrogen-bond donors (Lipinski definition) is 2. The predicted octanol–water partition coefficient (Wildman–Crippen LogP) is 1.72. The smallest absolute Gasteiger partial charge is 0.239 e. The lowest BCUT2D eigenvalue weighted by Crippen LogP contribution is -2.48. The number of amides is 1. The van der Waals surface area contributed by atoms with Gasteiger partial charge in [-0.05, 0) is 37.1 Å². The summed E-state index contributed by atoms with van der Waals surface area (Å²) in [5, 5.41) is 14.6. The minimum atomic E-state index is -0.124. The van der Waals surface area contributed by atoms with Gasteiger partial charge in [-0.3, -0.25) is 4.79 Å². The minimum absolute atomic E-state index is 0.124. The second kappa shape index (κ2) is 8.03. The molecule has 0 aromatic carbocycles. The highest BCUT2D eigenvalue weighted by Crippen LogP contribution is 2.16. The van der Waals surface area contributed by atoms with E-state index in [1.165, 1.54) is 6.20 Å². The Balaban J connectivity index is 1.47. The van der Waals surface area contributed by atoms with Crippen LogP contribution in [0.2, 0.25) is 5.02 Å². The second-order valence-electron chi connectivity index (χ2n) is 5.66. The first-order valence-corrected chi connectivity index (χ1v) is 8.26. The average Bonchev–Trinajstić information content (AvgIpc) is 2.63. The lowest BCUT2D eigenvalue weighted by molar-refractivity contribution is -0.115. The zero-order valence-corrected chi connectivity index (χ0v) is 13.9. The number of carbonyl (C=O) groups excluding carboxylic acids is 1. The average molecular weight is 347 g/mol. The van der Waals surface area contributed by atoms with Gasteiger partial charge in [0.25, 0.3) is 0 Å². The van der Waals surface area contributed by atoms with E-state index in [0.29, 0.717) is 10.8 Å². The van der Waals surface area contributed by atoms with Gasteiger partial charge in [-0.1, -0.05) is 11.6 Å². The molecule has 0 aliphatic carbocycles. The summed E-state index contributed by atoms with van der Waals surface area (Å²) in [6, 6.07) is 7.44. The van der Waals surface area contributed by atoms with Crippen molar-refractivity contribution in [2.24, 2.45) is 0 Å². The van der Waals surface area contributed by atoms with Gasteiger partial charge in [-0.15, -0.1) is 5.10 Å². The maximum absolute atomic E-state index is 12.0. The van der Waals surface area contributed by atoms with Crippen LogP contribution in [0, 0.1) is 0 Å². The van der Waals surface area contributed by atoms with Gasteiger partial charge in [-0.25, -0.2) is 4.98 Å². The molecule has 0 spiro atoms. The molecule has 1 fully saturated rings. The fraction of sp³-hybridized carbons (Fsp3) is 0.375. The van der Waals surface area contributed by atoms with Crippen molar-refractivity contribution in [2.75, 3.05) is 29.9 Å². The van der Waals surface area contributed by atoms with Crippen LogP contribution in [0.5, 0.6) is 0 Å². The Morgan fingerprint density at radius 1 is 1.38 bits per heavy atom. The number of halogens is 1. The summed E-state index contributed by atoms with van der Waals surface area (Å²) < 4.78 is 0. The van der Waals surface area contributed by atoms with Gasteiger partial charge < -0.3 is 15.5 Å². The van der Waals surface area contributed by atoms with E-state index in [1.54, 1.807) is 18.3 Å². The normalized spacial score (nSPS) is 17.5. The Hall–Kier alpha value is -2.25. The molecule has 3 heterocycles. The second-order valence-corrected chi connectivity index (χ2v) is 6.09. The van der Waals surface area contributed by atoms with Crippen LogP contribution < -0.4 is 15.5 Å². The number of aromatic nitrogens is 3. The summed E-state index contributed by atoms with van der Waals surface area (Å²) in [7, 11) is 0. The van der Waals surface area contributed by atoms with Crippen molar-refractivity contribution in [1.82, 2.24) is 20.5 Å². The van der Waals surface area contributed by atoms with Gasteiger partial charge in [0.2, 0.25) is 5.91 Å². The van der Waals surface area contributed by atoms with Crippen LogP contribution in [0.15, 0.2) is 36.7 Å². The van der Waals surface area contributed by atoms with Gasteiger partial charge >= 0.3 is 0 Å². The van der Waals surface area contributed by atoms with E-state index < -0.39 is 0 Å². The predicted molar refractivity (Wildman–Crippen MR) is 93.1 cm³/mol. The van der Waals surface area contributed by atoms with Crippen LogP contribution in [0.1, 0.15) is 12.8 Å². The highest BCUT2D eigenvalue weighted by atomic mass is 35.5. The van der Waals surface area contributed by atoms with Crippen LogP contribution in [0.3, 0.4) is 0 Å².